The number of nitrogens with one attached hydrogen (secondary N) is 1. The van der Waals surface area contributed by atoms with Gasteiger partial charge in [0.15, 0.2) is 0 Å². The average Bonchev–Trinajstić information content (AvgIpc) is 2.71. The van der Waals surface area contributed by atoms with Crippen molar-refractivity contribution in [2.45, 2.75) is 18.7 Å². The largest absolute Gasteiger partial charge is 0.497 e. The number of hydrogen-bond donors (Lipinski definition) is 1. The van der Waals surface area contributed by atoms with Crippen LogP contribution in [0.5, 0.6) is 11.5 Å². The Morgan fingerprint density at radius 3 is 2.74 bits per heavy atom. The van der Waals surface area contributed by atoms with Crippen molar-refractivity contribution in [3.63, 3.8) is 0 Å². The molecule has 1 saturated heterocycles. The molecule has 4 rings (SSSR count). The Hall–Kier alpha value is -2.04. The van der Waals surface area contributed by atoms with E-state index in [-0.39, 0.29) is 6.04 Å². The maximum atomic E-state index is 6.07. The number of hydrogen-bond acceptors (Lipinski definition) is 4. The summed E-state index contributed by atoms with van der Waals surface area (Å²) in [5, 5.41) is 3.36. The Bertz CT molecular complexity index is 710. The second-order valence-electron chi connectivity index (χ2n) is 6.23. The number of likely N-dealkylation sites (N-methyl/N-ethyl adjacent to an activating group) is 1. The van der Waals surface area contributed by atoms with Gasteiger partial charge < -0.3 is 14.8 Å². The number of nitrogens with zero attached hydrogens (tertiary/aromatic N) is 1. The van der Waals surface area contributed by atoms with Crippen molar-refractivity contribution in [1.29, 1.82) is 0 Å². The van der Waals surface area contributed by atoms with Crippen molar-refractivity contribution >= 4 is 0 Å². The summed E-state index contributed by atoms with van der Waals surface area (Å²) in [6.07, 6.45) is 0. The minimum Gasteiger partial charge on any atom is -0.497 e. The van der Waals surface area contributed by atoms with Gasteiger partial charge in [-0.15, -0.1) is 0 Å². The van der Waals surface area contributed by atoms with Crippen LogP contribution in [0.4, 0.5) is 0 Å². The summed E-state index contributed by atoms with van der Waals surface area (Å²) >= 11 is 0. The van der Waals surface area contributed by atoms with Gasteiger partial charge in [-0.25, -0.2) is 0 Å². The second-order valence-corrected chi connectivity index (χ2v) is 6.23. The molecule has 2 aliphatic rings. The standard InChI is InChI=1S/C19H22N2O2/c1-20-14-10-21(11-14)19-16-5-3-4-6-18(16)23-12-13-7-8-15(22-2)9-17(13)19/h3-9,14,19-20H,10-12H2,1-2H3. The lowest BCUT2D eigenvalue weighted by Crippen LogP contribution is -2.58. The van der Waals surface area contributed by atoms with Crippen LogP contribution in [0.25, 0.3) is 0 Å². The van der Waals surface area contributed by atoms with Gasteiger partial charge in [0.1, 0.15) is 18.1 Å². The van der Waals surface area contributed by atoms with Crippen molar-refractivity contribution in [3.05, 3.63) is 59.2 Å². The van der Waals surface area contributed by atoms with E-state index in [1.54, 1.807) is 7.11 Å². The zero-order valence-corrected chi connectivity index (χ0v) is 13.6. The molecule has 120 valence electrons. The Labute approximate surface area is 137 Å². The van der Waals surface area contributed by atoms with Gasteiger partial charge in [0.25, 0.3) is 0 Å². The van der Waals surface area contributed by atoms with E-state index in [1.165, 1.54) is 16.7 Å². The van der Waals surface area contributed by atoms with Crippen LogP contribution in [-0.4, -0.2) is 38.2 Å². The van der Waals surface area contributed by atoms with Gasteiger partial charge in [-0.3, -0.25) is 4.90 Å². The lowest BCUT2D eigenvalue weighted by atomic mass is 9.90. The number of likely N-dealkylation sites (tertiary alicyclic amines) is 1. The van der Waals surface area contributed by atoms with E-state index in [2.05, 4.69) is 40.5 Å². The molecule has 0 aromatic heterocycles. The second kappa shape index (κ2) is 5.87. The molecular weight excluding hydrogens is 288 g/mol. The molecular formula is C19H22N2O2. The van der Waals surface area contributed by atoms with Gasteiger partial charge in [-0.1, -0.05) is 24.3 Å². The monoisotopic (exact) mass is 310 g/mol. The van der Waals surface area contributed by atoms with E-state index < -0.39 is 0 Å². The topological polar surface area (TPSA) is 33.7 Å². The number of benzene rings is 2. The van der Waals surface area contributed by atoms with E-state index in [0.717, 1.165) is 24.6 Å². The Morgan fingerprint density at radius 2 is 1.96 bits per heavy atom. The van der Waals surface area contributed by atoms with Crippen molar-refractivity contribution in [3.8, 4) is 11.5 Å². The fraction of sp³-hybridized carbons (Fsp3) is 0.368. The third kappa shape index (κ3) is 2.48. The van der Waals surface area contributed by atoms with Crippen LogP contribution in [0.15, 0.2) is 42.5 Å². The fourth-order valence-electron chi connectivity index (χ4n) is 3.55. The number of para-hydroxylation sites is 1. The maximum absolute atomic E-state index is 6.07. The highest BCUT2D eigenvalue weighted by atomic mass is 16.5. The molecule has 0 aliphatic carbocycles. The van der Waals surface area contributed by atoms with Crippen LogP contribution in [0.1, 0.15) is 22.7 Å². The predicted octanol–water partition coefficient (Wildman–Crippen LogP) is 2.58. The molecule has 23 heavy (non-hydrogen) atoms. The van der Waals surface area contributed by atoms with Crippen molar-refractivity contribution in [1.82, 2.24) is 10.2 Å². The molecule has 2 aromatic carbocycles. The first-order chi connectivity index (χ1) is 11.3. The quantitative estimate of drug-likeness (QED) is 0.945. The predicted molar refractivity (Wildman–Crippen MR) is 90.0 cm³/mol. The molecule has 4 heteroatoms. The summed E-state index contributed by atoms with van der Waals surface area (Å²) in [4.78, 5) is 2.51. The molecule has 0 bridgehead atoms. The van der Waals surface area contributed by atoms with Gasteiger partial charge in [-0.05, 0) is 36.4 Å². The van der Waals surface area contributed by atoms with E-state index >= 15 is 0 Å². The SMILES string of the molecule is CNC1CN(C2c3cc(OC)ccc3COc3ccccc32)C1. The van der Waals surface area contributed by atoms with Gasteiger partial charge in [-0.2, -0.15) is 0 Å². The molecule has 1 atom stereocenters. The molecule has 0 amide bonds. The van der Waals surface area contributed by atoms with Crippen LogP contribution >= 0.6 is 0 Å². The molecule has 4 nitrogen and oxygen atoms in total. The summed E-state index contributed by atoms with van der Waals surface area (Å²) in [5.74, 6) is 1.89. The molecule has 0 saturated carbocycles. The molecule has 2 aromatic rings. The van der Waals surface area contributed by atoms with E-state index in [9.17, 15) is 0 Å². The highest BCUT2D eigenvalue weighted by molar-refractivity contribution is 5.49. The normalized spacial score (nSPS) is 20.7. The minimum absolute atomic E-state index is 0.225. The van der Waals surface area contributed by atoms with Crippen LogP contribution in [-0.2, 0) is 6.61 Å². The van der Waals surface area contributed by atoms with E-state index in [0.29, 0.717) is 12.6 Å². The van der Waals surface area contributed by atoms with E-state index in [4.69, 9.17) is 9.47 Å². The molecule has 1 fully saturated rings. The average molecular weight is 310 g/mol. The van der Waals surface area contributed by atoms with Crippen LogP contribution in [0, 0.1) is 0 Å². The molecule has 0 radical (unpaired) electrons. The summed E-state index contributed by atoms with van der Waals surface area (Å²) in [6.45, 7) is 2.70. The first kappa shape index (κ1) is 14.5. The van der Waals surface area contributed by atoms with Crippen LogP contribution in [0.3, 0.4) is 0 Å². The summed E-state index contributed by atoms with van der Waals surface area (Å²) in [6, 6.07) is 15.5. The molecule has 2 heterocycles. The van der Waals surface area contributed by atoms with Gasteiger partial charge in [0.05, 0.1) is 13.2 Å². The lowest BCUT2D eigenvalue weighted by Gasteiger charge is -2.44. The minimum atomic E-state index is 0.225. The summed E-state index contributed by atoms with van der Waals surface area (Å²) in [5.41, 5.74) is 3.78. The van der Waals surface area contributed by atoms with Crippen LogP contribution < -0.4 is 14.8 Å². The molecule has 1 unspecified atom stereocenters. The van der Waals surface area contributed by atoms with E-state index in [1.807, 2.05) is 19.2 Å². The Kier molecular flexibility index (Phi) is 3.71. The molecule has 2 aliphatic heterocycles. The third-order valence-corrected chi connectivity index (χ3v) is 4.93. The van der Waals surface area contributed by atoms with Crippen molar-refractivity contribution in [2.75, 3.05) is 27.2 Å². The fourth-order valence-corrected chi connectivity index (χ4v) is 3.55. The highest BCUT2D eigenvalue weighted by Gasteiger charge is 2.36. The number of rotatable bonds is 3. The first-order valence-corrected chi connectivity index (χ1v) is 8.10. The zero-order chi connectivity index (χ0) is 15.8. The Morgan fingerprint density at radius 1 is 1.13 bits per heavy atom. The highest BCUT2D eigenvalue weighted by Crippen LogP contribution is 2.42. The van der Waals surface area contributed by atoms with Crippen molar-refractivity contribution < 1.29 is 9.47 Å². The summed E-state index contributed by atoms with van der Waals surface area (Å²) in [7, 11) is 3.75. The van der Waals surface area contributed by atoms with Gasteiger partial charge in [0, 0.05) is 24.7 Å². The molecule has 1 N–H and O–H groups in total. The molecule has 0 spiro atoms. The first-order valence-electron chi connectivity index (χ1n) is 8.10. The number of fused-ring (bicyclic) bond motifs is 2. The number of methoxy groups -OCH3 is 1. The Balaban J connectivity index is 1.81. The smallest absolute Gasteiger partial charge is 0.124 e. The van der Waals surface area contributed by atoms with Crippen LogP contribution in [0.2, 0.25) is 0 Å². The third-order valence-electron chi connectivity index (χ3n) is 4.93. The lowest BCUT2D eigenvalue weighted by molar-refractivity contribution is 0.0972. The summed E-state index contributed by atoms with van der Waals surface area (Å²) < 4.78 is 11.5. The van der Waals surface area contributed by atoms with Gasteiger partial charge in [0.2, 0.25) is 0 Å². The maximum Gasteiger partial charge on any atom is 0.124 e. The van der Waals surface area contributed by atoms with Crippen molar-refractivity contribution in [2.24, 2.45) is 0 Å². The zero-order valence-electron chi connectivity index (χ0n) is 13.6. The number of ether oxygens (including phenoxy) is 2. The van der Waals surface area contributed by atoms with Gasteiger partial charge >= 0.3 is 0 Å².